The van der Waals surface area contributed by atoms with Gasteiger partial charge in [-0.05, 0) is 47.7 Å². The normalized spacial score (nSPS) is 11.9. The summed E-state index contributed by atoms with van der Waals surface area (Å²) in [5.74, 6) is -0.237. The molecule has 180 valence electrons. The molecule has 2 amide bonds. The van der Waals surface area contributed by atoms with Crippen molar-refractivity contribution in [3.8, 4) is 0 Å². The third-order valence-corrected chi connectivity index (χ3v) is 6.80. The molecule has 0 saturated heterocycles. The summed E-state index contributed by atoms with van der Waals surface area (Å²) in [6.45, 7) is 4.78. The lowest BCUT2D eigenvalue weighted by Crippen LogP contribution is -2.49. The average Bonchev–Trinajstić information content (AvgIpc) is 2.84. The van der Waals surface area contributed by atoms with Crippen LogP contribution in [0.3, 0.4) is 0 Å². The number of amides is 2. The highest BCUT2D eigenvalue weighted by atomic mass is 35.5. The van der Waals surface area contributed by atoms with Gasteiger partial charge in [0.15, 0.2) is 0 Å². The van der Waals surface area contributed by atoms with Crippen LogP contribution in [0, 0.1) is 0 Å². The van der Waals surface area contributed by atoms with Crippen molar-refractivity contribution in [1.82, 2.24) is 10.2 Å². The van der Waals surface area contributed by atoms with E-state index < -0.39 is 6.04 Å². The maximum absolute atomic E-state index is 13.6. The van der Waals surface area contributed by atoms with Crippen LogP contribution in [-0.4, -0.2) is 29.3 Å². The molecule has 6 heteroatoms. The molecule has 0 aliphatic heterocycles. The number of unbranched alkanes of at least 4 members (excludes halogenated alkanes) is 1. The molecule has 0 spiro atoms. The van der Waals surface area contributed by atoms with E-state index in [4.69, 9.17) is 23.2 Å². The number of hydrogen-bond donors (Lipinski definition) is 1. The number of halogens is 2. The van der Waals surface area contributed by atoms with Crippen molar-refractivity contribution in [2.24, 2.45) is 0 Å². The van der Waals surface area contributed by atoms with E-state index in [2.05, 4.69) is 36.5 Å². The first-order valence-electron chi connectivity index (χ1n) is 11.9. The zero-order valence-corrected chi connectivity index (χ0v) is 21.3. The van der Waals surface area contributed by atoms with Crippen LogP contribution in [0.1, 0.15) is 50.7 Å². The second kappa shape index (κ2) is 12.8. The molecular weight excluding hydrogens is 467 g/mol. The first-order chi connectivity index (χ1) is 16.5. The molecule has 0 bridgehead atoms. The fourth-order valence-corrected chi connectivity index (χ4v) is 4.69. The van der Waals surface area contributed by atoms with Gasteiger partial charge in [-0.25, -0.2) is 0 Å². The molecule has 0 unspecified atom stereocenters. The predicted octanol–water partition coefficient (Wildman–Crippen LogP) is 6.80. The number of carbonyl (C=O) groups is 2. The Morgan fingerprint density at radius 1 is 0.941 bits per heavy atom. The topological polar surface area (TPSA) is 49.4 Å². The third kappa shape index (κ3) is 6.52. The number of benzene rings is 3. The van der Waals surface area contributed by atoms with Gasteiger partial charge in [-0.2, -0.15) is 0 Å². The van der Waals surface area contributed by atoms with Crippen molar-refractivity contribution in [2.45, 2.75) is 58.5 Å². The number of nitrogens with one attached hydrogen (secondary N) is 1. The SMILES string of the molecule is CCCCNC(=O)[C@H](CC)N(Cc1c(Cl)cccc1Cl)C(=O)CCc1cccc2ccccc12. The highest BCUT2D eigenvalue weighted by molar-refractivity contribution is 6.36. The van der Waals surface area contributed by atoms with Crippen molar-refractivity contribution in [3.05, 3.63) is 81.8 Å². The van der Waals surface area contributed by atoms with E-state index in [0.29, 0.717) is 35.0 Å². The predicted molar refractivity (Wildman–Crippen MR) is 141 cm³/mol. The molecule has 0 heterocycles. The summed E-state index contributed by atoms with van der Waals surface area (Å²) in [6, 6.07) is 19.0. The Morgan fingerprint density at radius 2 is 1.62 bits per heavy atom. The molecule has 3 aromatic carbocycles. The quantitative estimate of drug-likeness (QED) is 0.295. The van der Waals surface area contributed by atoms with Crippen molar-refractivity contribution in [3.63, 3.8) is 0 Å². The smallest absolute Gasteiger partial charge is 0.242 e. The second-order valence-corrected chi connectivity index (χ2v) is 9.24. The minimum absolute atomic E-state index is 0.0959. The second-order valence-electron chi connectivity index (χ2n) is 8.43. The highest BCUT2D eigenvalue weighted by Crippen LogP contribution is 2.28. The van der Waals surface area contributed by atoms with E-state index in [-0.39, 0.29) is 24.8 Å². The zero-order valence-electron chi connectivity index (χ0n) is 19.8. The van der Waals surface area contributed by atoms with Crippen molar-refractivity contribution >= 4 is 45.8 Å². The number of fused-ring (bicyclic) bond motifs is 1. The molecule has 1 atom stereocenters. The molecular formula is C28H32Cl2N2O2. The minimum atomic E-state index is -0.593. The van der Waals surface area contributed by atoms with Gasteiger partial charge < -0.3 is 10.2 Å². The molecule has 0 fully saturated rings. The first kappa shape index (κ1) is 26.1. The van der Waals surface area contributed by atoms with Gasteiger partial charge in [-0.1, -0.05) is 92.0 Å². The molecule has 0 aliphatic carbocycles. The standard InChI is InChI=1S/C28H32Cl2N2O2/c1-3-5-18-31-28(34)26(4-2)32(19-23-24(29)14-9-15-25(23)30)27(33)17-16-21-12-8-11-20-10-6-7-13-22(20)21/h6-15,26H,3-5,16-19H2,1-2H3,(H,31,34)/t26-/m0/s1. The van der Waals surface area contributed by atoms with E-state index in [1.807, 2.05) is 25.1 Å². The van der Waals surface area contributed by atoms with Crippen LogP contribution in [0.2, 0.25) is 10.0 Å². The molecule has 3 aromatic rings. The Morgan fingerprint density at radius 3 is 2.32 bits per heavy atom. The summed E-state index contributed by atoms with van der Waals surface area (Å²) < 4.78 is 0. The Labute approximate surface area is 212 Å². The molecule has 1 N–H and O–H groups in total. The van der Waals surface area contributed by atoms with E-state index in [1.165, 1.54) is 0 Å². The van der Waals surface area contributed by atoms with Crippen LogP contribution in [0.4, 0.5) is 0 Å². The van der Waals surface area contributed by atoms with E-state index >= 15 is 0 Å². The summed E-state index contributed by atoms with van der Waals surface area (Å²) in [7, 11) is 0. The van der Waals surface area contributed by atoms with Gasteiger partial charge in [-0.3, -0.25) is 9.59 Å². The number of carbonyl (C=O) groups excluding carboxylic acids is 2. The van der Waals surface area contributed by atoms with Gasteiger partial charge in [0.25, 0.3) is 0 Å². The molecule has 3 rings (SSSR count). The maximum Gasteiger partial charge on any atom is 0.242 e. The van der Waals surface area contributed by atoms with Gasteiger partial charge in [0.2, 0.25) is 11.8 Å². The largest absolute Gasteiger partial charge is 0.354 e. The lowest BCUT2D eigenvalue weighted by molar-refractivity contribution is -0.141. The third-order valence-electron chi connectivity index (χ3n) is 6.09. The van der Waals surface area contributed by atoms with E-state index in [9.17, 15) is 9.59 Å². The monoisotopic (exact) mass is 498 g/mol. The summed E-state index contributed by atoms with van der Waals surface area (Å²) in [6.07, 6.45) is 3.25. The van der Waals surface area contributed by atoms with Crippen LogP contribution in [0.5, 0.6) is 0 Å². The Balaban J connectivity index is 1.85. The van der Waals surface area contributed by atoms with E-state index in [1.54, 1.807) is 23.1 Å². The van der Waals surface area contributed by atoms with Crippen LogP contribution >= 0.6 is 23.2 Å². The lowest BCUT2D eigenvalue weighted by atomic mass is 10.00. The zero-order chi connectivity index (χ0) is 24.5. The molecule has 4 nitrogen and oxygen atoms in total. The van der Waals surface area contributed by atoms with Gasteiger partial charge >= 0.3 is 0 Å². The summed E-state index contributed by atoms with van der Waals surface area (Å²) in [5, 5.41) is 6.25. The highest BCUT2D eigenvalue weighted by Gasteiger charge is 2.29. The summed E-state index contributed by atoms with van der Waals surface area (Å²) in [4.78, 5) is 28.2. The molecule has 0 radical (unpaired) electrons. The van der Waals surface area contributed by atoms with Gasteiger partial charge in [0.05, 0.1) is 0 Å². The Kier molecular flexibility index (Phi) is 9.79. The fraction of sp³-hybridized carbons (Fsp3) is 0.357. The Hall–Kier alpha value is -2.56. The average molecular weight is 499 g/mol. The number of rotatable bonds is 11. The van der Waals surface area contributed by atoms with Gasteiger partial charge in [0.1, 0.15) is 6.04 Å². The molecule has 34 heavy (non-hydrogen) atoms. The Bertz CT molecular complexity index is 1110. The number of hydrogen-bond acceptors (Lipinski definition) is 2. The summed E-state index contributed by atoms with van der Waals surface area (Å²) >= 11 is 12.8. The summed E-state index contributed by atoms with van der Waals surface area (Å²) in [5.41, 5.74) is 1.77. The van der Waals surface area contributed by atoms with Crippen molar-refractivity contribution < 1.29 is 9.59 Å². The molecule has 0 aliphatic rings. The van der Waals surface area contributed by atoms with Crippen molar-refractivity contribution in [2.75, 3.05) is 6.54 Å². The van der Waals surface area contributed by atoms with Gasteiger partial charge in [0, 0.05) is 35.1 Å². The molecule has 0 aromatic heterocycles. The number of aryl methyl sites for hydroxylation is 1. The van der Waals surface area contributed by atoms with Crippen LogP contribution in [-0.2, 0) is 22.6 Å². The van der Waals surface area contributed by atoms with Crippen molar-refractivity contribution in [1.29, 1.82) is 0 Å². The van der Waals surface area contributed by atoms with Gasteiger partial charge in [-0.15, -0.1) is 0 Å². The first-order valence-corrected chi connectivity index (χ1v) is 12.7. The van der Waals surface area contributed by atoms with Crippen LogP contribution in [0.25, 0.3) is 10.8 Å². The number of nitrogens with zero attached hydrogens (tertiary/aromatic N) is 1. The van der Waals surface area contributed by atoms with E-state index in [0.717, 1.165) is 29.2 Å². The minimum Gasteiger partial charge on any atom is -0.354 e. The maximum atomic E-state index is 13.6. The van der Waals surface area contributed by atoms with Crippen LogP contribution in [0.15, 0.2) is 60.7 Å². The lowest BCUT2D eigenvalue weighted by Gasteiger charge is -2.31. The fourth-order valence-electron chi connectivity index (χ4n) is 4.18. The van der Waals surface area contributed by atoms with Crippen LogP contribution < -0.4 is 5.32 Å². The molecule has 0 saturated carbocycles.